The van der Waals surface area contributed by atoms with E-state index in [4.69, 9.17) is 16.3 Å². The van der Waals surface area contributed by atoms with E-state index in [1.807, 2.05) is 0 Å². The van der Waals surface area contributed by atoms with Crippen molar-refractivity contribution in [2.45, 2.75) is 4.90 Å². The lowest BCUT2D eigenvalue weighted by molar-refractivity contribution is -0.384. The number of sulfonamides is 1. The summed E-state index contributed by atoms with van der Waals surface area (Å²) in [6, 6.07) is 15.3. The third kappa shape index (κ3) is 5.30. The molecule has 9 nitrogen and oxygen atoms in total. The first-order valence-corrected chi connectivity index (χ1v) is 10.6. The van der Waals surface area contributed by atoms with E-state index in [9.17, 15) is 23.3 Å². The Labute approximate surface area is 182 Å². The average Bonchev–Trinajstić information content (AvgIpc) is 2.75. The maximum atomic E-state index is 12.7. The van der Waals surface area contributed by atoms with E-state index in [1.54, 1.807) is 24.3 Å². The van der Waals surface area contributed by atoms with E-state index >= 15 is 0 Å². The Hall–Kier alpha value is -3.63. The molecule has 0 aromatic heterocycles. The summed E-state index contributed by atoms with van der Waals surface area (Å²) >= 11 is 5.81. The number of non-ortho nitro benzene ring substituents is 1. The molecule has 3 aromatic rings. The lowest BCUT2D eigenvalue weighted by atomic mass is 10.2. The number of amides is 1. The number of nitrogens with one attached hydrogen (secondary N) is 2. The van der Waals surface area contributed by atoms with Crippen LogP contribution in [0.4, 0.5) is 17.1 Å². The van der Waals surface area contributed by atoms with Crippen LogP contribution in [0.1, 0.15) is 10.4 Å². The van der Waals surface area contributed by atoms with Crippen LogP contribution in [0.25, 0.3) is 0 Å². The second-order valence-electron chi connectivity index (χ2n) is 6.23. The van der Waals surface area contributed by atoms with Gasteiger partial charge >= 0.3 is 0 Å². The third-order valence-electron chi connectivity index (χ3n) is 4.17. The maximum absolute atomic E-state index is 12.7. The third-order valence-corrected chi connectivity index (χ3v) is 5.80. The van der Waals surface area contributed by atoms with Crippen LogP contribution in [-0.2, 0) is 10.0 Å². The first-order chi connectivity index (χ1) is 14.7. The Morgan fingerprint density at radius 1 is 1.03 bits per heavy atom. The monoisotopic (exact) mass is 461 g/mol. The molecule has 0 aliphatic rings. The Kier molecular flexibility index (Phi) is 6.42. The number of rotatable bonds is 7. The minimum atomic E-state index is -4.09. The fraction of sp³-hybridized carbons (Fsp3) is 0.0500. The van der Waals surface area contributed by atoms with E-state index in [-0.39, 0.29) is 27.6 Å². The van der Waals surface area contributed by atoms with Crippen LogP contribution in [0.2, 0.25) is 5.02 Å². The number of hydrogen-bond acceptors (Lipinski definition) is 6. The van der Waals surface area contributed by atoms with Gasteiger partial charge in [-0.25, -0.2) is 8.42 Å². The first-order valence-electron chi connectivity index (χ1n) is 8.72. The average molecular weight is 462 g/mol. The molecule has 0 bridgehead atoms. The second kappa shape index (κ2) is 9.02. The van der Waals surface area contributed by atoms with Gasteiger partial charge in [0.15, 0.2) is 0 Å². The van der Waals surface area contributed by atoms with Crippen LogP contribution >= 0.6 is 11.6 Å². The summed E-state index contributed by atoms with van der Waals surface area (Å²) in [5, 5.41) is 14.2. The van der Waals surface area contributed by atoms with Gasteiger partial charge in [-0.1, -0.05) is 11.6 Å². The highest BCUT2D eigenvalue weighted by Gasteiger charge is 2.20. The van der Waals surface area contributed by atoms with Crippen LogP contribution < -0.4 is 14.8 Å². The molecule has 11 heteroatoms. The van der Waals surface area contributed by atoms with E-state index in [0.717, 1.165) is 6.07 Å². The van der Waals surface area contributed by atoms with Crippen LogP contribution in [0.15, 0.2) is 71.6 Å². The zero-order valence-corrected chi connectivity index (χ0v) is 17.6. The van der Waals surface area contributed by atoms with Crippen molar-refractivity contribution < 1.29 is 22.9 Å². The van der Waals surface area contributed by atoms with E-state index in [1.165, 1.54) is 43.5 Å². The molecule has 0 heterocycles. The fourth-order valence-electron chi connectivity index (χ4n) is 2.61. The van der Waals surface area contributed by atoms with Gasteiger partial charge in [0.2, 0.25) is 0 Å². The van der Waals surface area contributed by atoms with Crippen LogP contribution in [0.5, 0.6) is 5.75 Å². The van der Waals surface area contributed by atoms with E-state index in [0.29, 0.717) is 10.7 Å². The van der Waals surface area contributed by atoms with Crippen LogP contribution in [0, 0.1) is 10.1 Å². The molecular weight excluding hydrogens is 446 g/mol. The second-order valence-corrected chi connectivity index (χ2v) is 8.35. The van der Waals surface area contributed by atoms with Crippen molar-refractivity contribution >= 4 is 44.6 Å². The van der Waals surface area contributed by atoms with Gasteiger partial charge in [-0.2, -0.15) is 0 Å². The molecule has 0 unspecified atom stereocenters. The van der Waals surface area contributed by atoms with E-state index in [2.05, 4.69) is 10.0 Å². The van der Waals surface area contributed by atoms with Crippen molar-refractivity contribution in [3.63, 3.8) is 0 Å². The smallest absolute Gasteiger partial charge is 0.271 e. The molecule has 0 spiro atoms. The molecule has 1 amide bonds. The Morgan fingerprint density at radius 2 is 1.68 bits per heavy atom. The number of anilines is 2. The van der Waals surface area contributed by atoms with Crippen molar-refractivity contribution in [3.8, 4) is 5.75 Å². The van der Waals surface area contributed by atoms with Gasteiger partial charge < -0.3 is 10.1 Å². The fourth-order valence-corrected chi connectivity index (χ4v) is 3.80. The molecule has 0 fully saturated rings. The van der Waals surface area contributed by atoms with Gasteiger partial charge in [-0.15, -0.1) is 0 Å². The minimum absolute atomic E-state index is 0.0822. The predicted molar refractivity (Wildman–Crippen MR) is 116 cm³/mol. The molecule has 160 valence electrons. The van der Waals surface area contributed by atoms with Crippen molar-refractivity contribution in [1.82, 2.24) is 0 Å². The number of methoxy groups -OCH3 is 1. The number of carbonyl (C=O) groups is 1. The number of halogens is 1. The highest BCUT2D eigenvalue weighted by Crippen LogP contribution is 2.31. The number of hydrogen-bond donors (Lipinski definition) is 2. The summed E-state index contributed by atoms with van der Waals surface area (Å²) in [4.78, 5) is 22.5. The molecule has 2 N–H and O–H groups in total. The number of nitrogens with zero attached hydrogens (tertiary/aromatic N) is 1. The molecule has 0 atom stereocenters. The van der Waals surface area contributed by atoms with Crippen molar-refractivity contribution in [3.05, 3.63) is 87.4 Å². The normalized spacial score (nSPS) is 10.9. The van der Waals surface area contributed by atoms with Crippen molar-refractivity contribution in [2.24, 2.45) is 0 Å². The Morgan fingerprint density at radius 3 is 2.26 bits per heavy atom. The maximum Gasteiger partial charge on any atom is 0.271 e. The lowest BCUT2D eigenvalue weighted by Gasteiger charge is -2.12. The SMILES string of the molecule is COc1ccc([N+](=O)[O-])cc1NS(=O)(=O)c1ccc(C(=O)Nc2ccc(Cl)cc2)cc1. The zero-order valence-electron chi connectivity index (χ0n) is 16.0. The standard InChI is InChI=1S/C20H16ClN3O6S/c1-30-19-11-8-16(24(26)27)12-18(19)23-31(28,29)17-9-2-13(3-10-17)20(25)22-15-6-4-14(21)5-7-15/h2-12,23H,1H3,(H,22,25). The summed E-state index contributed by atoms with van der Waals surface area (Å²) in [6.07, 6.45) is 0. The summed E-state index contributed by atoms with van der Waals surface area (Å²) in [5.74, 6) is -0.312. The zero-order chi connectivity index (χ0) is 22.6. The van der Waals surface area contributed by atoms with Gasteiger partial charge in [-0.3, -0.25) is 19.6 Å². The predicted octanol–water partition coefficient (Wildman–Crippen LogP) is 4.31. The summed E-state index contributed by atoms with van der Waals surface area (Å²) in [6.45, 7) is 0. The molecular formula is C20H16ClN3O6S. The molecule has 31 heavy (non-hydrogen) atoms. The van der Waals surface area contributed by atoms with Crippen LogP contribution in [0.3, 0.4) is 0 Å². The highest BCUT2D eigenvalue weighted by molar-refractivity contribution is 7.92. The number of nitro benzene ring substituents is 1. The highest BCUT2D eigenvalue weighted by atomic mass is 35.5. The first kappa shape index (κ1) is 22.1. The number of carbonyl (C=O) groups excluding carboxylic acids is 1. The van der Waals surface area contributed by atoms with Crippen molar-refractivity contribution in [1.29, 1.82) is 0 Å². The lowest BCUT2D eigenvalue weighted by Crippen LogP contribution is -2.15. The van der Waals surface area contributed by atoms with Gasteiger partial charge in [0, 0.05) is 28.4 Å². The summed E-state index contributed by atoms with van der Waals surface area (Å²) < 4.78 is 32.7. The number of nitro groups is 1. The quantitative estimate of drug-likeness (QED) is 0.398. The van der Waals surface area contributed by atoms with Crippen LogP contribution in [-0.4, -0.2) is 26.4 Å². The van der Waals surface area contributed by atoms with Gasteiger partial charge in [-0.05, 0) is 54.6 Å². The minimum Gasteiger partial charge on any atom is -0.495 e. The van der Waals surface area contributed by atoms with E-state index < -0.39 is 20.9 Å². The van der Waals surface area contributed by atoms with Gasteiger partial charge in [0.1, 0.15) is 5.75 Å². The van der Waals surface area contributed by atoms with Crippen molar-refractivity contribution in [2.75, 3.05) is 17.1 Å². The Balaban J connectivity index is 1.80. The molecule has 3 rings (SSSR count). The summed E-state index contributed by atoms with van der Waals surface area (Å²) in [7, 11) is -2.78. The number of ether oxygens (including phenoxy) is 1. The van der Waals surface area contributed by atoms with Gasteiger partial charge in [0.25, 0.3) is 21.6 Å². The van der Waals surface area contributed by atoms with Gasteiger partial charge in [0.05, 0.1) is 22.6 Å². The molecule has 0 aliphatic carbocycles. The molecule has 0 radical (unpaired) electrons. The largest absolute Gasteiger partial charge is 0.495 e. The molecule has 0 saturated carbocycles. The summed E-state index contributed by atoms with van der Waals surface area (Å²) in [5.41, 5.74) is 0.390. The molecule has 0 saturated heterocycles. The topological polar surface area (TPSA) is 128 Å². The molecule has 3 aromatic carbocycles. The Bertz CT molecular complexity index is 1230. The number of benzene rings is 3. The molecule has 0 aliphatic heterocycles.